The lowest BCUT2D eigenvalue weighted by molar-refractivity contribution is 0.274. The van der Waals surface area contributed by atoms with Crippen LogP contribution in [0.2, 0.25) is 5.02 Å². The van der Waals surface area contributed by atoms with Crippen molar-refractivity contribution >= 4 is 28.3 Å². The molecule has 0 radical (unpaired) electrons. The molecule has 0 saturated carbocycles. The number of aliphatic hydroxyl groups excluding tert-OH is 1. The first-order valence-electron chi connectivity index (χ1n) is 10.8. The van der Waals surface area contributed by atoms with Gasteiger partial charge in [-0.25, -0.2) is 9.97 Å². The van der Waals surface area contributed by atoms with Crippen LogP contribution < -0.4 is 10.9 Å². The highest BCUT2D eigenvalue weighted by molar-refractivity contribution is 6.30. The number of halogens is 1. The van der Waals surface area contributed by atoms with Crippen molar-refractivity contribution in [1.82, 2.24) is 24.5 Å². The van der Waals surface area contributed by atoms with Crippen LogP contribution in [0.4, 0.5) is 5.69 Å². The number of aliphatic hydroxyl groups is 1. The lowest BCUT2D eigenvalue weighted by Gasteiger charge is -2.19. The number of aryl methyl sites for hydroxylation is 1. The molecular formula is C25H23ClN6O2. The van der Waals surface area contributed by atoms with Gasteiger partial charge in [0, 0.05) is 29.3 Å². The Labute approximate surface area is 200 Å². The smallest absolute Gasteiger partial charge is 0.261 e. The summed E-state index contributed by atoms with van der Waals surface area (Å²) in [6.45, 7) is 1.86. The third kappa shape index (κ3) is 4.33. The zero-order chi connectivity index (χ0) is 23.7. The van der Waals surface area contributed by atoms with Crippen LogP contribution in [0, 0.1) is 6.92 Å². The standard InChI is InChI=1S/C25H23ClN6O2/c1-15-9-19(32-8-7-27-14-32)12-21-23(15)31-24(30-21)22-20(5-6-28-25(22)34)29-18(13-33)11-16-3-2-4-17(26)10-16/h2-10,12,14,18,33H,11,13H2,1H3,(H,30,31)(H2,28,29,34)/t18-/m1/s1. The number of nitrogens with zero attached hydrogens (tertiary/aromatic N) is 3. The van der Waals surface area contributed by atoms with Gasteiger partial charge in [0.1, 0.15) is 11.4 Å². The molecule has 3 heterocycles. The zero-order valence-corrected chi connectivity index (χ0v) is 19.2. The Balaban J connectivity index is 1.52. The number of fused-ring (bicyclic) bond motifs is 1. The summed E-state index contributed by atoms with van der Waals surface area (Å²) in [5, 5.41) is 14.0. The summed E-state index contributed by atoms with van der Waals surface area (Å²) in [7, 11) is 0. The number of nitrogens with one attached hydrogen (secondary N) is 3. The fraction of sp³-hybridized carbons (Fsp3) is 0.160. The average Bonchev–Trinajstić information content (AvgIpc) is 3.49. The predicted molar refractivity (Wildman–Crippen MR) is 134 cm³/mol. The van der Waals surface area contributed by atoms with Gasteiger partial charge in [-0.1, -0.05) is 23.7 Å². The Bertz CT molecular complexity index is 1510. The van der Waals surface area contributed by atoms with Gasteiger partial charge in [-0.3, -0.25) is 4.79 Å². The van der Waals surface area contributed by atoms with E-state index < -0.39 is 0 Å². The van der Waals surface area contributed by atoms with Crippen LogP contribution >= 0.6 is 11.6 Å². The van der Waals surface area contributed by atoms with Crippen molar-refractivity contribution in [2.24, 2.45) is 0 Å². The summed E-state index contributed by atoms with van der Waals surface area (Å²) in [5.74, 6) is 0.449. The number of rotatable bonds is 7. The molecule has 0 fully saturated rings. The second-order valence-electron chi connectivity index (χ2n) is 8.17. The van der Waals surface area contributed by atoms with E-state index in [9.17, 15) is 9.90 Å². The maximum atomic E-state index is 12.9. The van der Waals surface area contributed by atoms with Crippen LogP contribution in [0.15, 0.2) is 72.2 Å². The van der Waals surface area contributed by atoms with Gasteiger partial charge in [0.15, 0.2) is 0 Å². The number of anilines is 1. The molecule has 2 aromatic carbocycles. The average molecular weight is 475 g/mol. The van der Waals surface area contributed by atoms with Crippen LogP contribution in [0.1, 0.15) is 11.1 Å². The van der Waals surface area contributed by atoms with E-state index in [0.29, 0.717) is 28.5 Å². The van der Waals surface area contributed by atoms with Gasteiger partial charge in [-0.2, -0.15) is 0 Å². The number of hydrogen-bond donors (Lipinski definition) is 4. The topological polar surface area (TPSA) is 112 Å². The Kier molecular flexibility index (Phi) is 5.91. The third-order valence-corrected chi connectivity index (χ3v) is 5.95. The van der Waals surface area contributed by atoms with Crippen molar-refractivity contribution in [3.05, 3.63) is 93.9 Å². The van der Waals surface area contributed by atoms with E-state index in [-0.39, 0.29) is 18.2 Å². The quantitative estimate of drug-likeness (QED) is 0.284. The minimum atomic E-state index is -0.321. The molecule has 8 nitrogen and oxygen atoms in total. The van der Waals surface area contributed by atoms with E-state index in [1.54, 1.807) is 24.8 Å². The van der Waals surface area contributed by atoms with Crippen molar-refractivity contribution in [3.63, 3.8) is 0 Å². The minimum absolute atomic E-state index is 0.119. The molecule has 0 amide bonds. The summed E-state index contributed by atoms with van der Waals surface area (Å²) in [5.41, 5.74) is 5.17. The number of aromatic amines is 2. The first-order valence-corrected chi connectivity index (χ1v) is 11.2. The van der Waals surface area contributed by atoms with Crippen LogP contribution in [0.3, 0.4) is 0 Å². The van der Waals surface area contributed by atoms with E-state index >= 15 is 0 Å². The molecule has 5 rings (SSSR count). The molecule has 0 aliphatic heterocycles. The molecule has 0 aliphatic rings. The predicted octanol–water partition coefficient (Wildman–Crippen LogP) is 4.08. The van der Waals surface area contributed by atoms with Gasteiger partial charge in [0.05, 0.1) is 35.7 Å². The van der Waals surface area contributed by atoms with Crippen molar-refractivity contribution in [1.29, 1.82) is 0 Å². The van der Waals surface area contributed by atoms with Crippen LogP contribution in [0.25, 0.3) is 28.1 Å². The van der Waals surface area contributed by atoms with Crippen molar-refractivity contribution in [2.45, 2.75) is 19.4 Å². The molecule has 1 atom stereocenters. The van der Waals surface area contributed by atoms with E-state index in [0.717, 1.165) is 27.8 Å². The fourth-order valence-electron chi connectivity index (χ4n) is 4.11. The van der Waals surface area contributed by atoms with Crippen molar-refractivity contribution in [3.8, 4) is 17.1 Å². The van der Waals surface area contributed by atoms with Gasteiger partial charge in [0.25, 0.3) is 5.56 Å². The fourth-order valence-corrected chi connectivity index (χ4v) is 4.33. The number of aromatic nitrogens is 5. The minimum Gasteiger partial charge on any atom is -0.394 e. The van der Waals surface area contributed by atoms with Crippen LogP contribution in [0.5, 0.6) is 0 Å². The monoisotopic (exact) mass is 474 g/mol. The second kappa shape index (κ2) is 9.17. The summed E-state index contributed by atoms with van der Waals surface area (Å²) >= 11 is 6.11. The van der Waals surface area contributed by atoms with Crippen LogP contribution in [-0.2, 0) is 6.42 Å². The molecule has 9 heteroatoms. The van der Waals surface area contributed by atoms with E-state index in [1.807, 2.05) is 54.1 Å². The molecule has 3 aromatic heterocycles. The van der Waals surface area contributed by atoms with E-state index in [1.165, 1.54) is 0 Å². The molecule has 34 heavy (non-hydrogen) atoms. The van der Waals surface area contributed by atoms with Gasteiger partial charge in [0.2, 0.25) is 0 Å². The highest BCUT2D eigenvalue weighted by Gasteiger charge is 2.18. The van der Waals surface area contributed by atoms with Gasteiger partial charge >= 0.3 is 0 Å². The molecule has 5 aromatic rings. The molecule has 0 saturated heterocycles. The Morgan fingerprint density at radius 3 is 2.88 bits per heavy atom. The lowest BCUT2D eigenvalue weighted by Crippen LogP contribution is -2.28. The molecule has 0 spiro atoms. The number of benzene rings is 2. The number of H-pyrrole nitrogens is 2. The Morgan fingerprint density at radius 2 is 2.12 bits per heavy atom. The Morgan fingerprint density at radius 1 is 1.24 bits per heavy atom. The molecule has 172 valence electrons. The normalized spacial score (nSPS) is 12.2. The van der Waals surface area contributed by atoms with Gasteiger partial charge < -0.3 is 25.0 Å². The first kappa shape index (κ1) is 21.9. The van der Waals surface area contributed by atoms with Crippen LogP contribution in [-0.4, -0.2) is 42.3 Å². The van der Waals surface area contributed by atoms with Gasteiger partial charge in [-0.05, 0) is 54.8 Å². The molecular weight excluding hydrogens is 452 g/mol. The van der Waals surface area contributed by atoms with Crippen molar-refractivity contribution in [2.75, 3.05) is 11.9 Å². The van der Waals surface area contributed by atoms with Crippen molar-refractivity contribution < 1.29 is 5.11 Å². The number of hydrogen-bond acceptors (Lipinski definition) is 5. The molecule has 0 aliphatic carbocycles. The SMILES string of the molecule is Cc1cc(-n2ccnc2)cc2[nH]c(-c3c(N[C@@H](CO)Cc4cccc(Cl)c4)cc[nH]c3=O)nc12. The second-order valence-corrected chi connectivity index (χ2v) is 8.60. The van der Waals surface area contributed by atoms with Gasteiger partial charge in [-0.15, -0.1) is 0 Å². The summed E-state index contributed by atoms with van der Waals surface area (Å²) < 4.78 is 1.91. The molecule has 0 bridgehead atoms. The lowest BCUT2D eigenvalue weighted by atomic mass is 10.1. The highest BCUT2D eigenvalue weighted by atomic mass is 35.5. The maximum absolute atomic E-state index is 12.9. The third-order valence-electron chi connectivity index (χ3n) is 5.71. The molecule has 4 N–H and O–H groups in total. The largest absolute Gasteiger partial charge is 0.394 e. The first-order chi connectivity index (χ1) is 16.5. The Hall–Kier alpha value is -3.88. The highest BCUT2D eigenvalue weighted by Crippen LogP contribution is 2.28. The summed E-state index contributed by atoms with van der Waals surface area (Å²) in [6, 6.07) is 12.9. The number of imidazole rings is 2. The summed E-state index contributed by atoms with van der Waals surface area (Å²) in [4.78, 5) is 27.8. The van der Waals surface area contributed by atoms with E-state index in [4.69, 9.17) is 16.6 Å². The van der Waals surface area contributed by atoms with E-state index in [2.05, 4.69) is 20.3 Å². The molecule has 0 unspecified atom stereocenters. The maximum Gasteiger partial charge on any atom is 0.261 e. The summed E-state index contributed by atoms with van der Waals surface area (Å²) in [6.07, 6.45) is 7.44. The zero-order valence-electron chi connectivity index (χ0n) is 18.4. The number of pyridine rings is 1.